The quantitative estimate of drug-likeness (QED) is 0.537. The number of fused-ring (bicyclic) bond motifs is 14. The molecular weight excluding hydrogens is 268 g/mol. The van der Waals surface area contributed by atoms with E-state index >= 15 is 0 Å². The summed E-state index contributed by atoms with van der Waals surface area (Å²) in [6.07, 6.45) is 7.88. The molecule has 1 heteroatoms. The van der Waals surface area contributed by atoms with Gasteiger partial charge in [0.2, 0.25) is 0 Å². The van der Waals surface area contributed by atoms with Crippen LogP contribution in [0.25, 0.3) is 10.8 Å². The monoisotopic (exact) mass is 288 g/mol. The second-order valence-electron chi connectivity index (χ2n) is 7.71. The lowest BCUT2D eigenvalue weighted by atomic mass is 9.70. The number of allylic oxidation sites excluding steroid dienone is 2. The maximum Gasteiger partial charge on any atom is 0.119 e. The van der Waals surface area contributed by atoms with E-state index in [1.54, 1.807) is 18.2 Å². The molecule has 0 saturated heterocycles. The molecule has 2 saturated carbocycles. The van der Waals surface area contributed by atoms with E-state index in [0.717, 1.165) is 41.3 Å². The number of hydrogen-bond acceptors (Lipinski definition) is 1. The average Bonchev–Trinajstić information content (AvgIpc) is 3.31. The first-order valence-corrected chi connectivity index (χ1v) is 8.64. The van der Waals surface area contributed by atoms with Gasteiger partial charge in [0.1, 0.15) is 5.75 Å². The molecule has 22 heavy (non-hydrogen) atoms. The minimum absolute atomic E-state index is 0.792. The number of methoxy groups -OCH3 is 1. The molecule has 0 aromatic heterocycles. The van der Waals surface area contributed by atoms with Crippen molar-refractivity contribution in [3.8, 4) is 5.75 Å². The van der Waals surface area contributed by atoms with Crippen LogP contribution in [0.2, 0.25) is 0 Å². The summed E-state index contributed by atoms with van der Waals surface area (Å²) in [4.78, 5) is 0. The molecule has 4 bridgehead atoms. The smallest absolute Gasteiger partial charge is 0.119 e. The Morgan fingerprint density at radius 1 is 0.909 bits per heavy atom. The minimum Gasteiger partial charge on any atom is -0.497 e. The molecule has 0 amide bonds. The second-order valence-corrected chi connectivity index (χ2v) is 7.71. The standard InChI is InChI=1S/C21H20O/c1-22-14-6-4-11-5-7-15-17-10-18(21(15)16(11)9-14)20-13-3-2-12(8-13)19(17)20/h2-7,9,12-13,17-20H,8,10H2,1H3. The van der Waals surface area contributed by atoms with Crippen LogP contribution < -0.4 is 4.74 Å². The van der Waals surface area contributed by atoms with Crippen LogP contribution in [0.3, 0.4) is 0 Å². The first-order valence-electron chi connectivity index (χ1n) is 8.64. The summed E-state index contributed by atoms with van der Waals surface area (Å²) >= 11 is 0. The van der Waals surface area contributed by atoms with Gasteiger partial charge in [0.15, 0.2) is 0 Å². The molecule has 6 rings (SSSR count). The van der Waals surface area contributed by atoms with Crippen LogP contribution in [0, 0.1) is 23.7 Å². The summed E-state index contributed by atoms with van der Waals surface area (Å²) in [6.45, 7) is 0. The lowest BCUT2D eigenvalue weighted by molar-refractivity contribution is 0.306. The van der Waals surface area contributed by atoms with Crippen LogP contribution in [0.5, 0.6) is 5.75 Å². The van der Waals surface area contributed by atoms with Crippen molar-refractivity contribution in [1.29, 1.82) is 0 Å². The van der Waals surface area contributed by atoms with Crippen LogP contribution in [0.4, 0.5) is 0 Å². The Labute approximate surface area is 131 Å². The van der Waals surface area contributed by atoms with E-state index in [4.69, 9.17) is 4.74 Å². The van der Waals surface area contributed by atoms with Crippen molar-refractivity contribution in [2.45, 2.75) is 24.7 Å². The molecule has 4 aliphatic rings. The molecule has 0 heterocycles. The fourth-order valence-electron chi connectivity index (χ4n) is 6.47. The summed E-state index contributed by atoms with van der Waals surface area (Å²) in [5.74, 6) is 6.20. The molecule has 0 aliphatic heterocycles. The van der Waals surface area contributed by atoms with E-state index in [0.29, 0.717) is 0 Å². The van der Waals surface area contributed by atoms with E-state index in [9.17, 15) is 0 Å². The van der Waals surface area contributed by atoms with Gasteiger partial charge in [-0.15, -0.1) is 0 Å². The molecule has 2 fully saturated rings. The summed E-state index contributed by atoms with van der Waals surface area (Å²) in [6, 6.07) is 11.3. The highest BCUT2D eigenvalue weighted by Gasteiger charge is 2.60. The molecule has 6 unspecified atom stereocenters. The van der Waals surface area contributed by atoms with Gasteiger partial charge >= 0.3 is 0 Å². The van der Waals surface area contributed by atoms with Crippen LogP contribution in [-0.4, -0.2) is 7.11 Å². The van der Waals surface area contributed by atoms with Crippen molar-refractivity contribution in [3.05, 3.63) is 53.6 Å². The molecule has 4 aliphatic carbocycles. The highest BCUT2D eigenvalue weighted by atomic mass is 16.5. The van der Waals surface area contributed by atoms with Gasteiger partial charge in [-0.05, 0) is 82.4 Å². The van der Waals surface area contributed by atoms with Gasteiger partial charge in [-0.2, -0.15) is 0 Å². The number of hydrogen-bond donors (Lipinski definition) is 0. The van der Waals surface area contributed by atoms with Gasteiger partial charge in [-0.1, -0.05) is 30.4 Å². The molecule has 6 atom stereocenters. The summed E-state index contributed by atoms with van der Waals surface area (Å²) in [5, 5.41) is 2.83. The van der Waals surface area contributed by atoms with Gasteiger partial charge in [0, 0.05) is 0 Å². The zero-order chi connectivity index (χ0) is 14.4. The maximum absolute atomic E-state index is 5.49. The Kier molecular flexibility index (Phi) is 2.01. The fourth-order valence-corrected chi connectivity index (χ4v) is 6.47. The lowest BCUT2D eigenvalue weighted by Crippen LogP contribution is -2.25. The molecular formula is C21H20O. The highest BCUT2D eigenvalue weighted by Crippen LogP contribution is 2.70. The number of ether oxygens (including phenoxy) is 1. The van der Waals surface area contributed by atoms with E-state index in [1.807, 2.05) is 0 Å². The fraction of sp³-hybridized carbons (Fsp3) is 0.429. The van der Waals surface area contributed by atoms with Crippen LogP contribution in [0.15, 0.2) is 42.5 Å². The summed E-state index contributed by atoms with van der Waals surface area (Å²) < 4.78 is 5.49. The Morgan fingerprint density at radius 3 is 2.50 bits per heavy atom. The van der Waals surface area contributed by atoms with Crippen molar-refractivity contribution in [1.82, 2.24) is 0 Å². The van der Waals surface area contributed by atoms with Gasteiger partial charge in [0.05, 0.1) is 7.11 Å². The third-order valence-electron chi connectivity index (χ3n) is 7.09. The summed E-state index contributed by atoms with van der Waals surface area (Å²) in [7, 11) is 1.77. The predicted molar refractivity (Wildman–Crippen MR) is 88.3 cm³/mol. The first kappa shape index (κ1) is 11.8. The number of rotatable bonds is 1. The molecule has 0 radical (unpaired) electrons. The summed E-state index contributed by atoms with van der Waals surface area (Å²) in [5.41, 5.74) is 3.33. The van der Waals surface area contributed by atoms with Gasteiger partial charge in [-0.3, -0.25) is 0 Å². The third kappa shape index (κ3) is 1.20. The van der Waals surface area contributed by atoms with E-state index in [1.165, 1.54) is 23.6 Å². The first-order chi connectivity index (χ1) is 10.8. The van der Waals surface area contributed by atoms with Gasteiger partial charge in [-0.25, -0.2) is 0 Å². The van der Waals surface area contributed by atoms with Crippen LogP contribution in [-0.2, 0) is 0 Å². The van der Waals surface area contributed by atoms with Crippen LogP contribution in [0.1, 0.15) is 35.8 Å². The van der Waals surface area contributed by atoms with Gasteiger partial charge in [0.25, 0.3) is 0 Å². The van der Waals surface area contributed by atoms with Gasteiger partial charge < -0.3 is 4.74 Å². The normalized spacial score (nSPS) is 39.5. The topological polar surface area (TPSA) is 9.23 Å². The van der Waals surface area contributed by atoms with Crippen molar-refractivity contribution >= 4 is 10.8 Å². The Hall–Kier alpha value is -1.76. The van der Waals surface area contributed by atoms with Crippen LogP contribution >= 0.6 is 0 Å². The average molecular weight is 288 g/mol. The molecule has 0 N–H and O–H groups in total. The van der Waals surface area contributed by atoms with E-state index in [-0.39, 0.29) is 0 Å². The van der Waals surface area contributed by atoms with Crippen molar-refractivity contribution in [2.24, 2.45) is 23.7 Å². The second kappa shape index (κ2) is 3.76. The molecule has 110 valence electrons. The molecule has 0 spiro atoms. The predicted octanol–water partition coefficient (Wildman–Crippen LogP) is 4.87. The minimum atomic E-state index is 0.792. The zero-order valence-corrected chi connectivity index (χ0v) is 12.8. The molecule has 2 aromatic rings. The third-order valence-corrected chi connectivity index (χ3v) is 7.09. The molecule has 1 nitrogen and oxygen atoms in total. The van der Waals surface area contributed by atoms with Crippen molar-refractivity contribution in [2.75, 3.05) is 7.11 Å². The highest BCUT2D eigenvalue weighted by molar-refractivity contribution is 5.90. The van der Waals surface area contributed by atoms with Crippen molar-refractivity contribution < 1.29 is 4.74 Å². The van der Waals surface area contributed by atoms with E-state index in [2.05, 4.69) is 42.5 Å². The van der Waals surface area contributed by atoms with Crippen molar-refractivity contribution in [3.63, 3.8) is 0 Å². The largest absolute Gasteiger partial charge is 0.497 e. The number of benzene rings is 2. The molecule has 2 aromatic carbocycles. The maximum atomic E-state index is 5.49. The lowest BCUT2D eigenvalue weighted by Gasteiger charge is -2.34. The van der Waals surface area contributed by atoms with E-state index < -0.39 is 0 Å². The Morgan fingerprint density at radius 2 is 1.68 bits per heavy atom. The Balaban J connectivity index is 1.61. The SMILES string of the molecule is COc1ccc2ccc3c(c2c1)C1CC3C2C3C=CC(C3)C12. The Bertz CT molecular complexity index is 833. The zero-order valence-electron chi connectivity index (χ0n) is 12.8.